The van der Waals surface area contributed by atoms with Gasteiger partial charge in [-0.05, 0) is 45.4 Å². The summed E-state index contributed by atoms with van der Waals surface area (Å²) in [5, 5.41) is 1.36. The van der Waals surface area contributed by atoms with Crippen LogP contribution in [-0.4, -0.2) is 4.57 Å². The molecule has 0 fully saturated rings. The van der Waals surface area contributed by atoms with E-state index in [-0.39, 0.29) is 5.54 Å². The first-order chi connectivity index (χ1) is 6.50. The van der Waals surface area contributed by atoms with Crippen LogP contribution in [0.1, 0.15) is 26.3 Å². The zero-order valence-corrected chi connectivity index (χ0v) is 9.33. The first-order valence-electron chi connectivity index (χ1n) is 5.07. The molecule has 0 radical (unpaired) electrons. The Morgan fingerprint density at radius 3 is 2.43 bits per heavy atom. The van der Waals surface area contributed by atoms with Gasteiger partial charge in [0.15, 0.2) is 0 Å². The van der Waals surface area contributed by atoms with Gasteiger partial charge in [0.25, 0.3) is 0 Å². The Morgan fingerprint density at radius 1 is 1.07 bits per heavy atom. The second-order valence-electron chi connectivity index (χ2n) is 4.86. The highest BCUT2D eigenvalue weighted by atomic mass is 15.0. The van der Waals surface area contributed by atoms with Crippen LogP contribution in [0.5, 0.6) is 0 Å². The fraction of sp³-hybridized carbons (Fsp3) is 0.385. The number of aryl methyl sites for hydroxylation is 1. The molecule has 0 saturated carbocycles. The Bertz CT molecular complexity index is 458. The first kappa shape index (κ1) is 9.32. The van der Waals surface area contributed by atoms with Crippen LogP contribution in [0.25, 0.3) is 10.9 Å². The minimum absolute atomic E-state index is 0.162. The Kier molecular flexibility index (Phi) is 1.91. The molecule has 0 aliphatic rings. The van der Waals surface area contributed by atoms with E-state index in [1.807, 2.05) is 0 Å². The van der Waals surface area contributed by atoms with Gasteiger partial charge in [-0.25, -0.2) is 0 Å². The molecule has 74 valence electrons. The molecule has 0 spiro atoms. The lowest BCUT2D eigenvalue weighted by Crippen LogP contribution is -2.20. The Balaban J connectivity index is 2.76. The third-order valence-corrected chi connectivity index (χ3v) is 2.67. The number of nitrogens with zero attached hydrogens (tertiary/aromatic N) is 1. The monoisotopic (exact) mass is 187 g/mol. The van der Waals surface area contributed by atoms with E-state index in [9.17, 15) is 0 Å². The lowest BCUT2D eigenvalue weighted by molar-refractivity contribution is 0.411. The van der Waals surface area contributed by atoms with Crippen molar-refractivity contribution >= 4 is 10.9 Å². The van der Waals surface area contributed by atoms with Gasteiger partial charge in [0.05, 0.1) is 0 Å². The zero-order chi connectivity index (χ0) is 10.3. The fourth-order valence-electron chi connectivity index (χ4n) is 1.91. The number of aromatic nitrogens is 1. The molecule has 1 aromatic carbocycles. The normalized spacial score (nSPS) is 12.3. The van der Waals surface area contributed by atoms with Gasteiger partial charge in [-0.2, -0.15) is 0 Å². The molecule has 0 aliphatic heterocycles. The summed E-state index contributed by atoms with van der Waals surface area (Å²) in [5.41, 5.74) is 2.85. The average molecular weight is 187 g/mol. The van der Waals surface area contributed by atoms with Crippen LogP contribution in [0.4, 0.5) is 0 Å². The number of rotatable bonds is 0. The largest absolute Gasteiger partial charge is 0.342 e. The molecular formula is C13H17N. The molecule has 1 heteroatoms. The molecule has 0 atom stereocenters. The molecule has 0 saturated heterocycles. The van der Waals surface area contributed by atoms with Gasteiger partial charge in [-0.15, -0.1) is 0 Å². The molecule has 14 heavy (non-hydrogen) atoms. The van der Waals surface area contributed by atoms with Crippen molar-refractivity contribution in [1.29, 1.82) is 0 Å². The molecule has 0 bridgehead atoms. The molecular weight excluding hydrogens is 170 g/mol. The molecule has 0 aliphatic carbocycles. The number of hydrogen-bond donors (Lipinski definition) is 0. The average Bonchev–Trinajstić information content (AvgIpc) is 2.47. The Hall–Kier alpha value is -1.24. The van der Waals surface area contributed by atoms with Gasteiger partial charge in [-0.3, -0.25) is 0 Å². The first-order valence-corrected chi connectivity index (χ1v) is 5.07. The van der Waals surface area contributed by atoms with Crippen molar-refractivity contribution in [3.8, 4) is 0 Å². The second-order valence-corrected chi connectivity index (χ2v) is 4.86. The SMILES string of the molecule is Cc1cccc2c1ccn2C(C)(C)C. The Morgan fingerprint density at radius 2 is 1.79 bits per heavy atom. The summed E-state index contributed by atoms with van der Waals surface area (Å²) in [6.07, 6.45) is 2.18. The van der Waals surface area contributed by atoms with Crippen molar-refractivity contribution in [2.45, 2.75) is 33.2 Å². The lowest BCUT2D eigenvalue weighted by atomic mass is 10.1. The van der Waals surface area contributed by atoms with Crippen molar-refractivity contribution in [2.24, 2.45) is 0 Å². The number of fused-ring (bicyclic) bond motifs is 1. The third-order valence-electron chi connectivity index (χ3n) is 2.67. The smallest absolute Gasteiger partial charge is 0.0487 e. The van der Waals surface area contributed by atoms with Crippen molar-refractivity contribution in [3.05, 3.63) is 36.0 Å². The molecule has 0 unspecified atom stereocenters. The molecule has 0 N–H and O–H groups in total. The molecule has 1 heterocycles. The molecule has 2 aromatic rings. The summed E-state index contributed by atoms with van der Waals surface area (Å²) in [7, 11) is 0. The summed E-state index contributed by atoms with van der Waals surface area (Å²) < 4.78 is 2.33. The van der Waals surface area contributed by atoms with Gasteiger partial charge in [0.2, 0.25) is 0 Å². The topological polar surface area (TPSA) is 4.93 Å². The summed E-state index contributed by atoms with van der Waals surface area (Å²) in [4.78, 5) is 0. The van der Waals surface area contributed by atoms with Crippen molar-refractivity contribution < 1.29 is 0 Å². The fourth-order valence-corrected chi connectivity index (χ4v) is 1.91. The maximum atomic E-state index is 2.33. The lowest BCUT2D eigenvalue weighted by Gasteiger charge is -2.22. The summed E-state index contributed by atoms with van der Waals surface area (Å²) in [6, 6.07) is 8.68. The van der Waals surface area contributed by atoms with E-state index >= 15 is 0 Å². The third kappa shape index (κ3) is 1.33. The summed E-state index contributed by atoms with van der Waals surface area (Å²) >= 11 is 0. The van der Waals surface area contributed by atoms with Crippen molar-refractivity contribution in [3.63, 3.8) is 0 Å². The van der Waals surface area contributed by atoms with Gasteiger partial charge < -0.3 is 4.57 Å². The maximum absolute atomic E-state index is 2.33. The minimum Gasteiger partial charge on any atom is -0.342 e. The van der Waals surface area contributed by atoms with Gasteiger partial charge >= 0.3 is 0 Å². The van der Waals surface area contributed by atoms with E-state index in [2.05, 4.69) is 62.7 Å². The number of benzene rings is 1. The van der Waals surface area contributed by atoms with Crippen molar-refractivity contribution in [1.82, 2.24) is 4.57 Å². The predicted octanol–water partition coefficient (Wildman–Crippen LogP) is 3.70. The van der Waals surface area contributed by atoms with Crippen LogP contribution in [-0.2, 0) is 5.54 Å². The van der Waals surface area contributed by atoms with Crippen LogP contribution in [0.3, 0.4) is 0 Å². The molecule has 0 amide bonds. The van der Waals surface area contributed by atoms with Gasteiger partial charge in [-0.1, -0.05) is 12.1 Å². The standard InChI is InChI=1S/C13H17N/c1-10-6-5-7-12-11(10)8-9-14(12)13(2,3)4/h5-9H,1-4H3. The zero-order valence-electron chi connectivity index (χ0n) is 9.33. The van der Waals surface area contributed by atoms with E-state index in [0.717, 1.165) is 0 Å². The molecule has 2 rings (SSSR count). The highest BCUT2D eigenvalue weighted by Gasteiger charge is 2.14. The van der Waals surface area contributed by atoms with Crippen molar-refractivity contribution in [2.75, 3.05) is 0 Å². The maximum Gasteiger partial charge on any atom is 0.0487 e. The summed E-state index contributed by atoms with van der Waals surface area (Å²) in [6.45, 7) is 8.85. The van der Waals surface area contributed by atoms with E-state index in [4.69, 9.17) is 0 Å². The quantitative estimate of drug-likeness (QED) is 0.592. The van der Waals surface area contributed by atoms with E-state index < -0.39 is 0 Å². The highest BCUT2D eigenvalue weighted by Crippen LogP contribution is 2.25. The highest BCUT2D eigenvalue weighted by molar-refractivity contribution is 5.83. The summed E-state index contributed by atoms with van der Waals surface area (Å²) in [5.74, 6) is 0. The molecule has 1 aromatic heterocycles. The van der Waals surface area contributed by atoms with Gasteiger partial charge in [0, 0.05) is 22.6 Å². The van der Waals surface area contributed by atoms with Crippen LogP contribution in [0.2, 0.25) is 0 Å². The second kappa shape index (κ2) is 2.88. The Labute approximate surface area is 85.4 Å². The van der Waals surface area contributed by atoms with E-state index in [1.165, 1.54) is 16.5 Å². The van der Waals surface area contributed by atoms with E-state index in [1.54, 1.807) is 0 Å². The van der Waals surface area contributed by atoms with Gasteiger partial charge in [0.1, 0.15) is 0 Å². The predicted molar refractivity (Wildman–Crippen MR) is 61.7 cm³/mol. The van der Waals surface area contributed by atoms with Crippen LogP contribution in [0, 0.1) is 6.92 Å². The van der Waals surface area contributed by atoms with Crippen LogP contribution in [0.15, 0.2) is 30.5 Å². The van der Waals surface area contributed by atoms with E-state index in [0.29, 0.717) is 0 Å². The van der Waals surface area contributed by atoms with Crippen LogP contribution >= 0.6 is 0 Å². The number of hydrogen-bond acceptors (Lipinski definition) is 0. The minimum atomic E-state index is 0.162. The molecule has 1 nitrogen and oxygen atoms in total. The van der Waals surface area contributed by atoms with Crippen LogP contribution < -0.4 is 0 Å².